The number of aromatic nitrogens is 6. The number of esters is 1. The summed E-state index contributed by atoms with van der Waals surface area (Å²) < 4.78 is 18.6. The predicted molar refractivity (Wildman–Crippen MR) is 146 cm³/mol. The summed E-state index contributed by atoms with van der Waals surface area (Å²) in [6.45, 7) is 4.79. The van der Waals surface area contributed by atoms with Gasteiger partial charge in [0, 0.05) is 24.2 Å². The van der Waals surface area contributed by atoms with Crippen LogP contribution >= 0.6 is 0 Å². The highest BCUT2D eigenvalue weighted by Crippen LogP contribution is 2.23. The smallest absolute Gasteiger partial charge is 0.337 e. The zero-order valence-corrected chi connectivity index (χ0v) is 22.3. The van der Waals surface area contributed by atoms with Crippen molar-refractivity contribution in [3.8, 4) is 28.6 Å². The van der Waals surface area contributed by atoms with E-state index in [1.165, 1.54) is 11.7 Å². The number of aromatic amines is 1. The molecule has 0 radical (unpaired) electrons. The Morgan fingerprint density at radius 2 is 1.60 bits per heavy atom. The van der Waals surface area contributed by atoms with Gasteiger partial charge in [-0.05, 0) is 61.4 Å². The van der Waals surface area contributed by atoms with Gasteiger partial charge in [0.15, 0.2) is 12.3 Å². The van der Waals surface area contributed by atoms with Crippen LogP contribution in [-0.4, -0.2) is 42.3 Å². The second kappa shape index (κ2) is 11.4. The first-order valence-corrected chi connectivity index (χ1v) is 12.9. The number of ether oxygens (including phenoxy) is 2. The minimum Gasteiger partial charge on any atom is -0.485 e. The molecular formula is C28H28N6O6. The Labute approximate surface area is 228 Å². The van der Waals surface area contributed by atoms with Crippen LogP contribution in [0, 0.1) is 0 Å². The van der Waals surface area contributed by atoms with Crippen LogP contribution in [0.15, 0.2) is 62.6 Å². The maximum absolute atomic E-state index is 13.0. The van der Waals surface area contributed by atoms with Crippen molar-refractivity contribution < 1.29 is 18.8 Å². The summed E-state index contributed by atoms with van der Waals surface area (Å²) in [6.07, 6.45) is 1.40. The van der Waals surface area contributed by atoms with Gasteiger partial charge < -0.3 is 19.0 Å². The fourth-order valence-electron chi connectivity index (χ4n) is 4.30. The molecule has 12 heteroatoms. The molecule has 0 aliphatic carbocycles. The van der Waals surface area contributed by atoms with E-state index in [9.17, 15) is 14.4 Å². The number of imidazole rings is 1. The molecule has 0 unspecified atom stereocenters. The second-order valence-corrected chi connectivity index (χ2v) is 9.07. The summed E-state index contributed by atoms with van der Waals surface area (Å²) in [7, 11) is 1.32. The molecule has 0 fully saturated rings. The average molecular weight is 545 g/mol. The number of aryl methyl sites for hydroxylation is 1. The third-order valence-corrected chi connectivity index (χ3v) is 6.27. The summed E-state index contributed by atoms with van der Waals surface area (Å²) >= 11 is 0. The van der Waals surface area contributed by atoms with Gasteiger partial charge in [0.25, 0.3) is 11.4 Å². The molecule has 12 nitrogen and oxygen atoms in total. The van der Waals surface area contributed by atoms with Gasteiger partial charge >= 0.3 is 11.7 Å². The normalized spacial score (nSPS) is 11.2. The summed E-state index contributed by atoms with van der Waals surface area (Å²) in [5, 5.41) is 3.95. The van der Waals surface area contributed by atoms with Gasteiger partial charge in [0.1, 0.15) is 17.1 Å². The standard InChI is InChI=1S/C28H28N6O6/c1-4-14-33-24-22(26(35)34(15-5-2)28(33)37)30-23(31-24)17-10-12-20(13-11-17)39-16-21-29-25(40-32-21)18-6-8-19(9-7-18)27(36)38-3/h6-13H,4-5,14-16H2,1-3H3,(H,30,31). The summed E-state index contributed by atoms with van der Waals surface area (Å²) in [6, 6.07) is 13.8. The molecule has 1 N–H and O–H groups in total. The number of nitrogens with zero attached hydrogens (tertiary/aromatic N) is 5. The first kappa shape index (κ1) is 26.6. The Balaban J connectivity index is 1.31. The molecule has 206 valence electrons. The zero-order valence-electron chi connectivity index (χ0n) is 22.3. The van der Waals surface area contributed by atoms with E-state index in [0.717, 1.165) is 12.0 Å². The van der Waals surface area contributed by atoms with Gasteiger partial charge in [0.2, 0.25) is 5.82 Å². The number of nitrogens with one attached hydrogen (secondary N) is 1. The van der Waals surface area contributed by atoms with Crippen molar-refractivity contribution in [3.63, 3.8) is 0 Å². The highest BCUT2D eigenvalue weighted by Gasteiger charge is 2.18. The van der Waals surface area contributed by atoms with Gasteiger partial charge in [-0.25, -0.2) is 14.6 Å². The second-order valence-electron chi connectivity index (χ2n) is 9.07. The minimum absolute atomic E-state index is 0.0774. The molecule has 5 aromatic rings. The molecule has 0 saturated carbocycles. The lowest BCUT2D eigenvalue weighted by Gasteiger charge is -2.09. The monoisotopic (exact) mass is 544 g/mol. The molecule has 5 rings (SSSR count). The number of H-pyrrole nitrogens is 1. The van der Waals surface area contributed by atoms with Crippen LogP contribution in [0.1, 0.15) is 42.9 Å². The SMILES string of the molecule is CCCn1c(=O)c2[nH]c(-c3ccc(OCc4noc(-c5ccc(C(=O)OC)cc5)n4)cc3)nc2n(CCC)c1=O. The maximum atomic E-state index is 13.0. The Morgan fingerprint density at radius 3 is 2.27 bits per heavy atom. The first-order valence-electron chi connectivity index (χ1n) is 12.9. The first-order chi connectivity index (χ1) is 19.4. The molecule has 0 aliphatic heterocycles. The van der Waals surface area contributed by atoms with E-state index in [2.05, 4.69) is 20.1 Å². The number of hydrogen-bond donors (Lipinski definition) is 1. The molecule has 0 amide bonds. The van der Waals surface area contributed by atoms with Crippen LogP contribution < -0.4 is 16.0 Å². The lowest BCUT2D eigenvalue weighted by molar-refractivity contribution is 0.0600. The number of carbonyl (C=O) groups excluding carboxylic acids is 1. The summed E-state index contributed by atoms with van der Waals surface area (Å²) in [5.41, 5.74) is 1.77. The number of hydrogen-bond acceptors (Lipinski definition) is 9. The number of rotatable bonds is 10. The molecule has 0 bridgehead atoms. The minimum atomic E-state index is -0.426. The van der Waals surface area contributed by atoms with Gasteiger partial charge in [-0.3, -0.25) is 13.9 Å². The van der Waals surface area contributed by atoms with Crippen LogP contribution in [0.4, 0.5) is 0 Å². The highest BCUT2D eigenvalue weighted by molar-refractivity contribution is 5.89. The average Bonchev–Trinajstić information content (AvgIpc) is 3.65. The lowest BCUT2D eigenvalue weighted by Crippen LogP contribution is -2.40. The number of benzene rings is 2. The van der Waals surface area contributed by atoms with E-state index >= 15 is 0 Å². The topological polar surface area (TPSA) is 147 Å². The van der Waals surface area contributed by atoms with Crippen molar-refractivity contribution in [1.82, 2.24) is 29.2 Å². The Morgan fingerprint density at radius 1 is 0.925 bits per heavy atom. The van der Waals surface area contributed by atoms with E-state index in [1.54, 1.807) is 41.0 Å². The van der Waals surface area contributed by atoms with Crippen LogP contribution in [0.2, 0.25) is 0 Å². The van der Waals surface area contributed by atoms with E-state index < -0.39 is 5.97 Å². The molecule has 0 atom stereocenters. The van der Waals surface area contributed by atoms with Gasteiger partial charge in [-0.1, -0.05) is 19.0 Å². The summed E-state index contributed by atoms with van der Waals surface area (Å²) in [4.78, 5) is 49.6. The quantitative estimate of drug-likeness (QED) is 0.259. The van der Waals surface area contributed by atoms with Crippen molar-refractivity contribution in [1.29, 1.82) is 0 Å². The van der Waals surface area contributed by atoms with Crippen LogP contribution in [0.3, 0.4) is 0 Å². The van der Waals surface area contributed by atoms with Crippen LogP contribution in [0.5, 0.6) is 5.75 Å². The van der Waals surface area contributed by atoms with Crippen LogP contribution in [0.25, 0.3) is 34.0 Å². The molecule has 40 heavy (non-hydrogen) atoms. The maximum Gasteiger partial charge on any atom is 0.337 e. The van der Waals surface area contributed by atoms with Crippen molar-refractivity contribution in [2.24, 2.45) is 0 Å². The largest absolute Gasteiger partial charge is 0.485 e. The number of carbonyl (C=O) groups is 1. The van der Waals surface area contributed by atoms with Crippen molar-refractivity contribution in [2.45, 2.75) is 46.4 Å². The molecule has 0 aliphatic rings. The molecule has 2 aromatic carbocycles. The van der Waals surface area contributed by atoms with Gasteiger partial charge in [-0.15, -0.1) is 0 Å². The van der Waals surface area contributed by atoms with E-state index in [-0.39, 0.29) is 17.9 Å². The lowest BCUT2D eigenvalue weighted by atomic mass is 10.1. The summed E-state index contributed by atoms with van der Waals surface area (Å²) in [5.74, 6) is 1.28. The predicted octanol–water partition coefficient (Wildman–Crippen LogP) is 3.79. The van der Waals surface area contributed by atoms with Crippen molar-refractivity contribution in [2.75, 3.05) is 7.11 Å². The molecule has 0 spiro atoms. The Hall–Kier alpha value is -5.00. The third kappa shape index (κ3) is 5.15. The fourth-order valence-corrected chi connectivity index (χ4v) is 4.30. The number of methoxy groups -OCH3 is 1. The Kier molecular flexibility index (Phi) is 7.58. The highest BCUT2D eigenvalue weighted by atomic mass is 16.5. The number of fused-ring (bicyclic) bond motifs is 1. The molecule has 3 aromatic heterocycles. The van der Waals surface area contributed by atoms with E-state index in [4.69, 9.17) is 14.0 Å². The van der Waals surface area contributed by atoms with E-state index in [0.29, 0.717) is 65.1 Å². The van der Waals surface area contributed by atoms with Gasteiger partial charge in [0.05, 0.1) is 12.7 Å². The Bertz CT molecular complexity index is 1760. The van der Waals surface area contributed by atoms with Crippen LogP contribution in [-0.2, 0) is 24.4 Å². The van der Waals surface area contributed by atoms with Crippen molar-refractivity contribution in [3.05, 3.63) is 80.8 Å². The van der Waals surface area contributed by atoms with E-state index in [1.807, 2.05) is 26.0 Å². The zero-order chi connectivity index (χ0) is 28.2. The molecule has 0 saturated heterocycles. The fraction of sp³-hybridized carbons (Fsp3) is 0.286. The van der Waals surface area contributed by atoms with Crippen molar-refractivity contribution >= 4 is 17.1 Å². The molecule has 3 heterocycles. The van der Waals surface area contributed by atoms with Gasteiger partial charge in [-0.2, -0.15) is 4.98 Å². The third-order valence-electron chi connectivity index (χ3n) is 6.27. The molecular weight excluding hydrogens is 516 g/mol.